The maximum Gasteiger partial charge on any atom is 0.253 e. The Labute approximate surface area is 188 Å². The molecule has 2 aromatic rings. The van der Waals surface area contributed by atoms with Crippen molar-refractivity contribution in [3.63, 3.8) is 0 Å². The summed E-state index contributed by atoms with van der Waals surface area (Å²) >= 11 is 12.2. The first kappa shape index (κ1) is 21.5. The van der Waals surface area contributed by atoms with E-state index in [4.69, 9.17) is 28.9 Å². The molecule has 0 saturated carbocycles. The molecule has 2 saturated heterocycles. The molecule has 0 aromatic heterocycles. The molecule has 2 fully saturated rings. The SMILES string of the molecule is Nc1cccc(C(=O)N2CCC(N3CCC(Cc4ccc(Cl)c(Cl)c4)CC3)CC2)c1. The van der Waals surface area contributed by atoms with Crippen LogP contribution in [-0.2, 0) is 6.42 Å². The van der Waals surface area contributed by atoms with Gasteiger partial charge < -0.3 is 15.5 Å². The van der Waals surface area contributed by atoms with Gasteiger partial charge in [0.2, 0.25) is 0 Å². The maximum absolute atomic E-state index is 12.7. The third-order valence-electron chi connectivity index (χ3n) is 6.56. The molecule has 2 aliphatic heterocycles. The zero-order valence-corrected chi connectivity index (χ0v) is 18.7. The molecule has 1 amide bonds. The van der Waals surface area contributed by atoms with E-state index in [9.17, 15) is 4.79 Å². The van der Waals surface area contributed by atoms with Gasteiger partial charge in [0.05, 0.1) is 10.0 Å². The fraction of sp³-hybridized carbons (Fsp3) is 0.458. The summed E-state index contributed by atoms with van der Waals surface area (Å²) in [5.41, 5.74) is 8.43. The number of rotatable bonds is 4. The van der Waals surface area contributed by atoms with Gasteiger partial charge in [0.1, 0.15) is 0 Å². The minimum absolute atomic E-state index is 0.0982. The number of halogens is 2. The van der Waals surface area contributed by atoms with Gasteiger partial charge in [-0.25, -0.2) is 0 Å². The molecule has 0 aliphatic carbocycles. The summed E-state index contributed by atoms with van der Waals surface area (Å²) < 4.78 is 0. The number of piperidine rings is 2. The van der Waals surface area contributed by atoms with Crippen molar-refractivity contribution in [1.29, 1.82) is 0 Å². The van der Waals surface area contributed by atoms with Crippen LogP contribution in [0.3, 0.4) is 0 Å². The Kier molecular flexibility index (Phi) is 6.87. The number of amides is 1. The zero-order valence-electron chi connectivity index (χ0n) is 17.2. The van der Waals surface area contributed by atoms with Crippen LogP contribution < -0.4 is 5.73 Å². The van der Waals surface area contributed by atoms with Crippen molar-refractivity contribution in [2.24, 2.45) is 5.92 Å². The molecule has 4 nitrogen and oxygen atoms in total. The Bertz CT molecular complexity index is 888. The highest BCUT2D eigenvalue weighted by atomic mass is 35.5. The minimum Gasteiger partial charge on any atom is -0.399 e. The van der Waals surface area contributed by atoms with Gasteiger partial charge in [-0.3, -0.25) is 4.79 Å². The summed E-state index contributed by atoms with van der Waals surface area (Å²) in [6.07, 6.45) is 5.58. The fourth-order valence-electron chi connectivity index (χ4n) is 4.81. The van der Waals surface area contributed by atoms with Gasteiger partial charge in [0.25, 0.3) is 5.91 Å². The fourth-order valence-corrected chi connectivity index (χ4v) is 5.13. The molecule has 4 rings (SSSR count). The molecule has 6 heteroatoms. The normalized spacial score (nSPS) is 19.2. The first-order chi connectivity index (χ1) is 14.5. The Hall–Kier alpha value is -1.75. The van der Waals surface area contributed by atoms with E-state index in [0.29, 0.717) is 33.3 Å². The van der Waals surface area contributed by atoms with E-state index in [1.54, 1.807) is 6.07 Å². The Morgan fingerprint density at radius 3 is 2.33 bits per heavy atom. The number of nitrogen functional groups attached to an aromatic ring is 1. The van der Waals surface area contributed by atoms with Crippen molar-refractivity contribution in [2.75, 3.05) is 31.9 Å². The highest BCUT2D eigenvalue weighted by Gasteiger charge is 2.30. The number of anilines is 1. The number of nitrogens with two attached hydrogens (primary N) is 1. The van der Waals surface area contributed by atoms with Gasteiger partial charge >= 0.3 is 0 Å². The highest BCUT2D eigenvalue weighted by Crippen LogP contribution is 2.29. The number of nitrogens with zero attached hydrogens (tertiary/aromatic N) is 2. The second kappa shape index (κ2) is 9.59. The van der Waals surface area contributed by atoms with Crippen LogP contribution >= 0.6 is 23.2 Å². The average Bonchev–Trinajstić information content (AvgIpc) is 2.76. The van der Waals surface area contributed by atoms with Crippen molar-refractivity contribution < 1.29 is 4.79 Å². The Balaban J connectivity index is 1.24. The molecule has 0 spiro atoms. The van der Waals surface area contributed by atoms with Crippen LogP contribution in [0, 0.1) is 5.92 Å². The summed E-state index contributed by atoms with van der Waals surface area (Å²) in [6, 6.07) is 13.9. The number of benzene rings is 2. The predicted octanol–water partition coefficient (Wildman–Crippen LogP) is 5.13. The Morgan fingerprint density at radius 1 is 0.933 bits per heavy atom. The third-order valence-corrected chi connectivity index (χ3v) is 7.30. The number of hydrogen-bond acceptors (Lipinski definition) is 3. The Morgan fingerprint density at radius 2 is 1.67 bits per heavy atom. The summed E-state index contributed by atoms with van der Waals surface area (Å²) in [4.78, 5) is 17.3. The molecule has 0 bridgehead atoms. The second-order valence-electron chi connectivity index (χ2n) is 8.58. The largest absolute Gasteiger partial charge is 0.399 e. The lowest BCUT2D eigenvalue weighted by Gasteiger charge is -2.42. The number of carbonyl (C=O) groups excluding carboxylic acids is 1. The van der Waals surface area contributed by atoms with E-state index in [2.05, 4.69) is 11.0 Å². The van der Waals surface area contributed by atoms with E-state index in [0.717, 1.165) is 45.4 Å². The van der Waals surface area contributed by atoms with Crippen molar-refractivity contribution in [1.82, 2.24) is 9.80 Å². The van der Waals surface area contributed by atoms with Crippen LogP contribution in [0.5, 0.6) is 0 Å². The van der Waals surface area contributed by atoms with Gasteiger partial charge in [-0.05, 0) is 87.0 Å². The van der Waals surface area contributed by atoms with Crippen molar-refractivity contribution in [2.45, 2.75) is 38.1 Å². The molecule has 0 atom stereocenters. The van der Waals surface area contributed by atoms with Crippen molar-refractivity contribution in [3.8, 4) is 0 Å². The lowest BCUT2D eigenvalue weighted by Crippen LogP contribution is -2.49. The first-order valence-corrected chi connectivity index (χ1v) is 11.6. The first-order valence-electron chi connectivity index (χ1n) is 10.8. The van der Waals surface area contributed by atoms with E-state index < -0.39 is 0 Å². The predicted molar refractivity (Wildman–Crippen MR) is 124 cm³/mol. The van der Waals surface area contributed by atoms with Gasteiger partial charge in [-0.15, -0.1) is 0 Å². The van der Waals surface area contributed by atoms with E-state index >= 15 is 0 Å². The number of hydrogen-bond donors (Lipinski definition) is 1. The van der Waals surface area contributed by atoms with E-state index in [1.165, 1.54) is 18.4 Å². The summed E-state index contributed by atoms with van der Waals surface area (Å²) in [6.45, 7) is 3.92. The molecular weight excluding hydrogens is 417 g/mol. The van der Waals surface area contributed by atoms with Gasteiger partial charge in [0, 0.05) is 30.4 Å². The van der Waals surface area contributed by atoms with Crippen molar-refractivity contribution in [3.05, 3.63) is 63.6 Å². The second-order valence-corrected chi connectivity index (χ2v) is 9.40. The molecule has 0 unspecified atom stereocenters. The standard InChI is InChI=1S/C24H29Cl2N3O/c25-22-5-4-18(15-23(22)26)14-17-6-10-28(11-7-17)21-8-12-29(13-9-21)24(30)19-2-1-3-20(27)16-19/h1-5,15-17,21H,6-14,27H2. The lowest BCUT2D eigenvalue weighted by atomic mass is 9.88. The topological polar surface area (TPSA) is 49.6 Å². The number of likely N-dealkylation sites (tertiary alicyclic amines) is 2. The maximum atomic E-state index is 12.7. The van der Waals surface area contributed by atoms with Gasteiger partial charge in [-0.2, -0.15) is 0 Å². The van der Waals surface area contributed by atoms with Crippen LogP contribution in [0.25, 0.3) is 0 Å². The molecular formula is C24H29Cl2N3O. The van der Waals surface area contributed by atoms with Crippen molar-refractivity contribution >= 4 is 34.8 Å². The van der Waals surface area contributed by atoms with Crippen LogP contribution in [0.4, 0.5) is 5.69 Å². The number of carbonyl (C=O) groups is 1. The molecule has 2 aliphatic rings. The summed E-state index contributed by atoms with van der Waals surface area (Å²) in [7, 11) is 0. The van der Waals surface area contributed by atoms with Crippen LogP contribution in [-0.4, -0.2) is 47.9 Å². The van der Waals surface area contributed by atoms with Crippen LogP contribution in [0.1, 0.15) is 41.6 Å². The molecule has 30 heavy (non-hydrogen) atoms. The highest BCUT2D eigenvalue weighted by molar-refractivity contribution is 6.42. The van der Waals surface area contributed by atoms with E-state index in [-0.39, 0.29) is 5.91 Å². The van der Waals surface area contributed by atoms with Crippen LogP contribution in [0.15, 0.2) is 42.5 Å². The molecule has 0 radical (unpaired) electrons. The monoisotopic (exact) mass is 445 g/mol. The third kappa shape index (κ3) is 5.11. The quantitative estimate of drug-likeness (QED) is 0.662. The zero-order chi connectivity index (χ0) is 21.1. The summed E-state index contributed by atoms with van der Waals surface area (Å²) in [5, 5.41) is 1.27. The average molecular weight is 446 g/mol. The molecule has 2 N–H and O–H groups in total. The lowest BCUT2D eigenvalue weighted by molar-refractivity contribution is 0.0552. The molecule has 160 valence electrons. The molecule has 2 aromatic carbocycles. The minimum atomic E-state index is 0.0982. The molecule has 2 heterocycles. The van der Waals surface area contributed by atoms with Crippen LogP contribution in [0.2, 0.25) is 10.0 Å². The smallest absolute Gasteiger partial charge is 0.253 e. The van der Waals surface area contributed by atoms with Gasteiger partial charge in [0.15, 0.2) is 0 Å². The summed E-state index contributed by atoms with van der Waals surface area (Å²) in [5.74, 6) is 0.796. The van der Waals surface area contributed by atoms with Gasteiger partial charge in [-0.1, -0.05) is 35.3 Å². The van der Waals surface area contributed by atoms with E-state index in [1.807, 2.05) is 35.2 Å².